The molecule has 0 bridgehead atoms. The maximum atomic E-state index is 14.9. The van der Waals surface area contributed by atoms with Crippen LogP contribution < -0.4 is 15.0 Å². The fourth-order valence-electron chi connectivity index (χ4n) is 6.00. The lowest BCUT2D eigenvalue weighted by Crippen LogP contribution is -2.56. The van der Waals surface area contributed by atoms with Crippen LogP contribution in [0.5, 0.6) is 5.75 Å². The van der Waals surface area contributed by atoms with Crippen molar-refractivity contribution >= 4 is 23.2 Å². The number of piperazine rings is 1. The molecule has 2 aromatic carbocycles. The number of anilines is 3. The highest BCUT2D eigenvalue weighted by molar-refractivity contribution is 5.81. The lowest BCUT2D eigenvalue weighted by molar-refractivity contribution is -0.146. The molecule has 0 saturated carbocycles. The Labute approximate surface area is 266 Å². The minimum absolute atomic E-state index is 0.150. The van der Waals surface area contributed by atoms with Crippen LogP contribution in [-0.4, -0.2) is 124 Å². The zero-order chi connectivity index (χ0) is 32.2. The maximum Gasteiger partial charge on any atom is 0.253 e. The molecule has 4 heterocycles. The molecule has 6 rings (SSSR count). The Hall–Kier alpha value is -4.42. The third-order valence-electron chi connectivity index (χ3n) is 8.70. The van der Waals surface area contributed by atoms with Crippen LogP contribution in [0.4, 0.5) is 21.7 Å². The lowest BCUT2D eigenvalue weighted by atomic mass is 10.0. The molecule has 3 aliphatic rings. The van der Waals surface area contributed by atoms with Gasteiger partial charge in [-0.25, -0.2) is 14.4 Å². The highest BCUT2D eigenvalue weighted by Crippen LogP contribution is 2.30. The van der Waals surface area contributed by atoms with E-state index in [1.165, 1.54) is 12.0 Å². The number of aliphatic hydroxyl groups is 2. The Morgan fingerprint density at radius 1 is 1.17 bits per heavy atom. The average molecular weight is 633 g/mol. The van der Waals surface area contributed by atoms with Gasteiger partial charge in [0.1, 0.15) is 24.3 Å². The SMILES string of the molecule is Cc1cc(Nc2ncnc(-c3ccc(O[C@H]4CCN(C(=O)[C@H](O)CO)C[C@@H]4F)c(C#N)c3)n2)ccc1N1CCN(C2COC2)CC1. The summed E-state index contributed by atoms with van der Waals surface area (Å²) in [5.74, 6) is 0.172. The molecular weight excluding hydrogens is 595 g/mol. The molecular formula is C32H37FN8O5. The predicted molar refractivity (Wildman–Crippen MR) is 166 cm³/mol. The Balaban J connectivity index is 1.09. The molecule has 3 aliphatic heterocycles. The van der Waals surface area contributed by atoms with Crippen LogP contribution in [0, 0.1) is 18.3 Å². The number of carbonyl (C=O) groups is 1. The summed E-state index contributed by atoms with van der Waals surface area (Å²) in [6.07, 6.45) is -2.45. The number of piperidine rings is 1. The van der Waals surface area contributed by atoms with E-state index in [0.717, 1.165) is 55.5 Å². The number of carbonyl (C=O) groups excluding carboxylic acids is 1. The van der Waals surface area contributed by atoms with Gasteiger partial charge in [0.05, 0.1) is 38.0 Å². The van der Waals surface area contributed by atoms with E-state index < -0.39 is 30.9 Å². The van der Waals surface area contributed by atoms with E-state index in [4.69, 9.17) is 14.6 Å². The number of nitrogens with zero attached hydrogens (tertiary/aromatic N) is 7. The smallest absolute Gasteiger partial charge is 0.253 e. The van der Waals surface area contributed by atoms with Gasteiger partial charge in [-0.1, -0.05) is 0 Å². The maximum absolute atomic E-state index is 14.9. The van der Waals surface area contributed by atoms with E-state index in [9.17, 15) is 19.6 Å². The van der Waals surface area contributed by atoms with Crippen molar-refractivity contribution in [3.8, 4) is 23.2 Å². The third-order valence-corrected chi connectivity index (χ3v) is 8.70. The van der Waals surface area contributed by atoms with E-state index in [1.807, 2.05) is 6.07 Å². The summed E-state index contributed by atoms with van der Waals surface area (Å²) in [6.45, 7) is 6.90. The summed E-state index contributed by atoms with van der Waals surface area (Å²) in [7, 11) is 0. The van der Waals surface area contributed by atoms with Crippen LogP contribution in [0.25, 0.3) is 11.4 Å². The molecule has 3 N–H and O–H groups in total. The number of ether oxygens (including phenoxy) is 2. The highest BCUT2D eigenvalue weighted by Gasteiger charge is 2.35. The Morgan fingerprint density at radius 2 is 1.98 bits per heavy atom. The van der Waals surface area contributed by atoms with Gasteiger partial charge < -0.3 is 34.8 Å². The Morgan fingerprint density at radius 3 is 2.65 bits per heavy atom. The first-order chi connectivity index (χ1) is 22.3. The zero-order valence-electron chi connectivity index (χ0n) is 25.5. The number of amides is 1. The molecule has 1 aromatic heterocycles. The van der Waals surface area contributed by atoms with Crippen molar-refractivity contribution < 1.29 is 28.9 Å². The molecule has 242 valence electrons. The quantitative estimate of drug-likeness (QED) is 0.314. The number of nitrogens with one attached hydrogen (secondary N) is 1. The number of alkyl halides is 1. The molecule has 13 nitrogen and oxygen atoms in total. The van der Waals surface area contributed by atoms with E-state index in [0.29, 0.717) is 23.4 Å². The van der Waals surface area contributed by atoms with Gasteiger partial charge in [0, 0.05) is 56.1 Å². The molecule has 46 heavy (non-hydrogen) atoms. The Kier molecular flexibility index (Phi) is 9.55. The number of benzene rings is 2. The fourth-order valence-corrected chi connectivity index (χ4v) is 6.00. The number of hydrogen-bond donors (Lipinski definition) is 3. The van der Waals surface area contributed by atoms with Crippen molar-refractivity contribution in [2.45, 2.75) is 37.8 Å². The first kappa shape index (κ1) is 31.6. The highest BCUT2D eigenvalue weighted by atomic mass is 19.1. The van der Waals surface area contributed by atoms with Crippen LogP contribution in [0.15, 0.2) is 42.7 Å². The van der Waals surface area contributed by atoms with Crippen LogP contribution in [0.1, 0.15) is 17.5 Å². The van der Waals surface area contributed by atoms with Crippen molar-refractivity contribution in [2.24, 2.45) is 0 Å². The van der Waals surface area contributed by atoms with Crippen molar-refractivity contribution in [3.05, 3.63) is 53.9 Å². The van der Waals surface area contributed by atoms with Gasteiger partial charge in [-0.05, 0) is 48.9 Å². The van der Waals surface area contributed by atoms with Crippen LogP contribution in [0.2, 0.25) is 0 Å². The average Bonchev–Trinajstić information content (AvgIpc) is 3.05. The molecule has 0 aliphatic carbocycles. The summed E-state index contributed by atoms with van der Waals surface area (Å²) >= 11 is 0. The number of nitriles is 1. The normalized spacial score (nSPS) is 21.3. The monoisotopic (exact) mass is 632 g/mol. The number of halogens is 1. The molecule has 3 saturated heterocycles. The predicted octanol–water partition coefficient (Wildman–Crippen LogP) is 1.65. The van der Waals surface area contributed by atoms with E-state index in [-0.39, 0.29) is 30.8 Å². The molecule has 3 atom stereocenters. The van der Waals surface area contributed by atoms with Crippen LogP contribution in [0.3, 0.4) is 0 Å². The van der Waals surface area contributed by atoms with Crippen molar-refractivity contribution in [2.75, 3.05) is 69.3 Å². The summed E-state index contributed by atoms with van der Waals surface area (Å²) in [6, 6.07) is 13.7. The van der Waals surface area contributed by atoms with Gasteiger partial charge in [0.2, 0.25) is 5.95 Å². The summed E-state index contributed by atoms with van der Waals surface area (Å²) in [5.41, 5.74) is 3.93. The van der Waals surface area contributed by atoms with Gasteiger partial charge in [-0.2, -0.15) is 10.2 Å². The van der Waals surface area contributed by atoms with Crippen LogP contribution in [-0.2, 0) is 9.53 Å². The molecule has 0 spiro atoms. The standard InChI is InChI=1S/C32H37FN8O5/c1-20-12-23(3-4-26(20)40-10-8-39(9-11-40)24-17-45-18-24)37-32-36-19-35-30(38-32)21-2-5-28(22(13-21)14-34)46-29-6-7-41(15-25(29)33)31(44)27(43)16-42/h2-5,12-13,19,24-25,27,29,42-43H,6-11,15-18H2,1H3,(H,35,36,37,38)/t25-,27+,29-/m0/s1. The van der Waals surface area contributed by atoms with Crippen molar-refractivity contribution in [3.63, 3.8) is 0 Å². The molecule has 1 amide bonds. The topological polar surface area (TPSA) is 160 Å². The first-order valence-corrected chi connectivity index (χ1v) is 15.4. The van der Waals surface area contributed by atoms with Gasteiger partial charge in [0.15, 0.2) is 18.1 Å². The van der Waals surface area contributed by atoms with Gasteiger partial charge >= 0.3 is 0 Å². The largest absolute Gasteiger partial charge is 0.486 e. The van der Waals surface area contributed by atoms with Gasteiger partial charge in [-0.3, -0.25) is 9.69 Å². The summed E-state index contributed by atoms with van der Waals surface area (Å²) in [4.78, 5) is 31.3. The number of aromatic nitrogens is 3. The molecule has 3 aromatic rings. The number of aliphatic hydroxyl groups excluding tert-OH is 2. The Bertz CT molecular complexity index is 1590. The lowest BCUT2D eigenvalue weighted by Gasteiger charge is -2.43. The fraction of sp³-hybridized carbons (Fsp3) is 0.469. The summed E-state index contributed by atoms with van der Waals surface area (Å²) in [5, 5.41) is 31.7. The van der Waals surface area contributed by atoms with Crippen LogP contribution >= 0.6 is 0 Å². The first-order valence-electron chi connectivity index (χ1n) is 15.4. The van der Waals surface area contributed by atoms with Gasteiger partial charge in [-0.15, -0.1) is 0 Å². The number of hydrogen-bond acceptors (Lipinski definition) is 12. The minimum atomic E-state index is -1.58. The molecule has 0 unspecified atom stereocenters. The second-order valence-electron chi connectivity index (χ2n) is 11.7. The third kappa shape index (κ3) is 6.87. The number of rotatable bonds is 9. The number of aryl methyl sites for hydroxylation is 1. The zero-order valence-corrected chi connectivity index (χ0v) is 25.5. The second kappa shape index (κ2) is 13.9. The number of likely N-dealkylation sites (tertiary alicyclic amines) is 1. The van der Waals surface area contributed by atoms with E-state index in [1.54, 1.807) is 18.2 Å². The van der Waals surface area contributed by atoms with Gasteiger partial charge in [0.25, 0.3) is 5.91 Å². The molecule has 14 heteroatoms. The van der Waals surface area contributed by atoms with Crippen molar-refractivity contribution in [1.29, 1.82) is 5.26 Å². The molecule has 3 fully saturated rings. The minimum Gasteiger partial charge on any atom is -0.486 e. The summed E-state index contributed by atoms with van der Waals surface area (Å²) < 4.78 is 26.1. The van der Waals surface area contributed by atoms with E-state index >= 15 is 0 Å². The van der Waals surface area contributed by atoms with E-state index in [2.05, 4.69) is 55.2 Å². The second-order valence-corrected chi connectivity index (χ2v) is 11.7. The van der Waals surface area contributed by atoms with Crippen molar-refractivity contribution in [1.82, 2.24) is 24.8 Å². The molecule has 0 radical (unpaired) electrons.